The third-order valence-electron chi connectivity index (χ3n) is 1.50. The largest absolute Gasteiger partial charge is 0.155 e. The summed E-state index contributed by atoms with van der Waals surface area (Å²) in [5.41, 5.74) is 2.13. The molecule has 1 heterocycles. The molecule has 0 aliphatic heterocycles. The SMILES string of the molecule is CC.CCc1ccc(CC)nn1. The molecule has 1 aromatic heterocycles. The van der Waals surface area contributed by atoms with E-state index in [9.17, 15) is 0 Å². The summed E-state index contributed by atoms with van der Waals surface area (Å²) in [7, 11) is 0. The van der Waals surface area contributed by atoms with Gasteiger partial charge >= 0.3 is 0 Å². The number of aryl methyl sites for hydroxylation is 2. The van der Waals surface area contributed by atoms with Gasteiger partial charge in [-0.2, -0.15) is 10.2 Å². The van der Waals surface area contributed by atoms with Crippen LogP contribution in [0.3, 0.4) is 0 Å². The van der Waals surface area contributed by atoms with Crippen molar-refractivity contribution in [3.63, 3.8) is 0 Å². The molecule has 2 heteroatoms. The molecule has 1 rings (SSSR count). The molecular weight excluding hydrogens is 148 g/mol. The average Bonchev–Trinajstić information content (AvgIpc) is 2.21. The van der Waals surface area contributed by atoms with Gasteiger partial charge in [-0.1, -0.05) is 27.7 Å². The van der Waals surface area contributed by atoms with Gasteiger partial charge in [-0.3, -0.25) is 0 Å². The molecule has 12 heavy (non-hydrogen) atoms. The van der Waals surface area contributed by atoms with Crippen LogP contribution in [0.5, 0.6) is 0 Å². The highest BCUT2D eigenvalue weighted by Gasteiger charge is 1.91. The Bertz CT molecular complexity index is 168. The minimum atomic E-state index is 0.969. The van der Waals surface area contributed by atoms with E-state index < -0.39 is 0 Å². The minimum absolute atomic E-state index is 0.969. The van der Waals surface area contributed by atoms with Crippen LogP contribution in [0.15, 0.2) is 12.1 Å². The van der Waals surface area contributed by atoms with Crippen LogP contribution in [0.2, 0.25) is 0 Å². The van der Waals surface area contributed by atoms with Crippen molar-refractivity contribution in [3.8, 4) is 0 Å². The maximum absolute atomic E-state index is 4.02. The zero-order chi connectivity index (χ0) is 9.40. The lowest BCUT2D eigenvalue weighted by atomic mass is 10.2. The third-order valence-corrected chi connectivity index (χ3v) is 1.50. The molecule has 2 nitrogen and oxygen atoms in total. The maximum Gasteiger partial charge on any atom is 0.0628 e. The van der Waals surface area contributed by atoms with Crippen LogP contribution in [0, 0.1) is 0 Å². The fraction of sp³-hybridized carbons (Fsp3) is 0.600. The lowest BCUT2D eigenvalue weighted by Gasteiger charge is -1.94. The first-order chi connectivity index (χ1) is 5.86. The van der Waals surface area contributed by atoms with Crippen molar-refractivity contribution in [1.29, 1.82) is 0 Å². The van der Waals surface area contributed by atoms with Crippen LogP contribution in [0.1, 0.15) is 39.1 Å². The van der Waals surface area contributed by atoms with E-state index in [0.29, 0.717) is 0 Å². The van der Waals surface area contributed by atoms with Crippen LogP contribution in [0.25, 0.3) is 0 Å². The third kappa shape index (κ3) is 3.46. The lowest BCUT2D eigenvalue weighted by Crippen LogP contribution is -1.93. The van der Waals surface area contributed by atoms with Crippen molar-refractivity contribution in [2.24, 2.45) is 0 Å². The number of rotatable bonds is 2. The van der Waals surface area contributed by atoms with E-state index in [0.717, 1.165) is 24.2 Å². The van der Waals surface area contributed by atoms with E-state index in [1.165, 1.54) is 0 Å². The van der Waals surface area contributed by atoms with Gasteiger partial charge in [0.15, 0.2) is 0 Å². The van der Waals surface area contributed by atoms with Gasteiger partial charge in [-0.05, 0) is 25.0 Å². The van der Waals surface area contributed by atoms with Crippen LogP contribution in [-0.2, 0) is 12.8 Å². The first-order valence-electron chi connectivity index (χ1n) is 4.68. The Kier molecular flexibility index (Phi) is 6.25. The highest BCUT2D eigenvalue weighted by molar-refractivity contribution is 5.06. The number of hydrogen-bond donors (Lipinski definition) is 0. The van der Waals surface area contributed by atoms with Crippen LogP contribution < -0.4 is 0 Å². The molecule has 0 radical (unpaired) electrons. The molecule has 0 unspecified atom stereocenters. The zero-order valence-electron chi connectivity index (χ0n) is 8.46. The molecule has 0 fully saturated rings. The Hall–Kier alpha value is -0.920. The highest BCUT2D eigenvalue weighted by atomic mass is 15.1. The van der Waals surface area contributed by atoms with Gasteiger partial charge in [0, 0.05) is 0 Å². The fourth-order valence-electron chi connectivity index (χ4n) is 0.765. The van der Waals surface area contributed by atoms with E-state index in [1.807, 2.05) is 26.0 Å². The van der Waals surface area contributed by atoms with Crippen LogP contribution >= 0.6 is 0 Å². The summed E-state index contributed by atoms with van der Waals surface area (Å²) in [6.07, 6.45) is 1.94. The molecule has 1 aromatic rings. The van der Waals surface area contributed by atoms with Crippen molar-refractivity contribution < 1.29 is 0 Å². The predicted octanol–water partition coefficient (Wildman–Crippen LogP) is 2.63. The highest BCUT2D eigenvalue weighted by Crippen LogP contribution is 1.96. The van der Waals surface area contributed by atoms with E-state index in [2.05, 4.69) is 24.0 Å². The minimum Gasteiger partial charge on any atom is -0.155 e. The second-order valence-electron chi connectivity index (χ2n) is 2.22. The molecule has 0 atom stereocenters. The average molecular weight is 166 g/mol. The van der Waals surface area contributed by atoms with Gasteiger partial charge in [0.1, 0.15) is 0 Å². The maximum atomic E-state index is 4.02. The summed E-state index contributed by atoms with van der Waals surface area (Å²) in [5.74, 6) is 0. The summed E-state index contributed by atoms with van der Waals surface area (Å²) >= 11 is 0. The summed E-state index contributed by atoms with van der Waals surface area (Å²) < 4.78 is 0. The smallest absolute Gasteiger partial charge is 0.0628 e. The topological polar surface area (TPSA) is 25.8 Å². The van der Waals surface area contributed by atoms with E-state index in [4.69, 9.17) is 0 Å². The fourth-order valence-corrected chi connectivity index (χ4v) is 0.765. The molecule has 0 amide bonds. The van der Waals surface area contributed by atoms with Gasteiger partial charge < -0.3 is 0 Å². The summed E-state index contributed by atoms with van der Waals surface area (Å²) in [6.45, 7) is 8.16. The first-order valence-corrected chi connectivity index (χ1v) is 4.68. The second-order valence-corrected chi connectivity index (χ2v) is 2.22. The quantitative estimate of drug-likeness (QED) is 0.675. The molecule has 0 N–H and O–H groups in total. The lowest BCUT2D eigenvalue weighted by molar-refractivity contribution is 0.861. The van der Waals surface area contributed by atoms with Crippen LogP contribution in [0.4, 0.5) is 0 Å². The van der Waals surface area contributed by atoms with Gasteiger partial charge in [-0.25, -0.2) is 0 Å². The van der Waals surface area contributed by atoms with Crippen molar-refractivity contribution in [2.45, 2.75) is 40.5 Å². The van der Waals surface area contributed by atoms with Gasteiger partial charge in [0.2, 0.25) is 0 Å². The number of aromatic nitrogens is 2. The predicted molar refractivity (Wildman–Crippen MR) is 52.1 cm³/mol. The Morgan fingerprint density at radius 1 is 0.917 bits per heavy atom. The van der Waals surface area contributed by atoms with E-state index in [-0.39, 0.29) is 0 Å². The molecule has 0 bridgehead atoms. The van der Waals surface area contributed by atoms with Crippen LogP contribution in [-0.4, -0.2) is 10.2 Å². The normalized spacial score (nSPS) is 8.67. The molecule has 0 saturated heterocycles. The van der Waals surface area contributed by atoms with Crippen molar-refractivity contribution in [2.75, 3.05) is 0 Å². The Balaban J connectivity index is 0.000000561. The number of hydrogen-bond acceptors (Lipinski definition) is 2. The molecule has 0 saturated carbocycles. The molecule has 68 valence electrons. The molecular formula is C10H18N2. The second kappa shape index (κ2) is 6.77. The molecule has 0 spiro atoms. The van der Waals surface area contributed by atoms with E-state index >= 15 is 0 Å². The van der Waals surface area contributed by atoms with Gasteiger partial charge in [0.05, 0.1) is 11.4 Å². The van der Waals surface area contributed by atoms with Crippen molar-refractivity contribution in [3.05, 3.63) is 23.5 Å². The Labute approximate surface area is 75.0 Å². The standard InChI is InChI=1S/C8H12N2.C2H6/c1-3-7-5-6-8(4-2)10-9-7;1-2/h5-6H,3-4H2,1-2H3;1-2H3. The van der Waals surface area contributed by atoms with E-state index in [1.54, 1.807) is 0 Å². The monoisotopic (exact) mass is 166 g/mol. The number of nitrogens with zero attached hydrogens (tertiary/aromatic N) is 2. The Morgan fingerprint density at radius 2 is 1.25 bits per heavy atom. The van der Waals surface area contributed by atoms with Crippen molar-refractivity contribution in [1.82, 2.24) is 10.2 Å². The van der Waals surface area contributed by atoms with Gasteiger partial charge in [-0.15, -0.1) is 0 Å². The zero-order valence-corrected chi connectivity index (χ0v) is 8.46. The Morgan fingerprint density at radius 3 is 1.42 bits per heavy atom. The van der Waals surface area contributed by atoms with Gasteiger partial charge in [0.25, 0.3) is 0 Å². The molecule has 0 aromatic carbocycles. The van der Waals surface area contributed by atoms with Crippen molar-refractivity contribution >= 4 is 0 Å². The molecule has 0 aliphatic rings. The first kappa shape index (κ1) is 11.1. The summed E-state index contributed by atoms with van der Waals surface area (Å²) in [5, 5.41) is 8.04. The summed E-state index contributed by atoms with van der Waals surface area (Å²) in [4.78, 5) is 0. The molecule has 0 aliphatic carbocycles. The summed E-state index contributed by atoms with van der Waals surface area (Å²) in [6, 6.07) is 4.07.